The minimum atomic E-state index is 0.661. The van der Waals surface area contributed by atoms with Crippen LogP contribution in [0.1, 0.15) is 11.1 Å². The molecule has 0 radical (unpaired) electrons. The van der Waals surface area contributed by atoms with Gasteiger partial charge in [-0.15, -0.1) is 0 Å². The Bertz CT molecular complexity index is 467. The molecule has 0 fully saturated rings. The molecule has 0 bridgehead atoms. The van der Waals surface area contributed by atoms with E-state index in [1.54, 1.807) is 12.4 Å². The number of nitrogens with two attached hydrogens (primary N) is 1. The number of rotatable bonds is 5. The van der Waals surface area contributed by atoms with Crippen molar-refractivity contribution in [3.8, 4) is 0 Å². The second kappa shape index (κ2) is 6.12. The lowest BCUT2D eigenvalue weighted by molar-refractivity contribution is 0.887. The first kappa shape index (κ1) is 12.5. The first-order valence-electron chi connectivity index (χ1n) is 6.04. The normalized spacial score (nSPS) is 10.3. The highest BCUT2D eigenvalue weighted by molar-refractivity contribution is 5.39. The maximum atomic E-state index is 5.52. The lowest BCUT2D eigenvalue weighted by atomic mass is 10.2. The largest absolute Gasteiger partial charge is 0.355 e. The Hall–Kier alpha value is -1.94. The van der Waals surface area contributed by atoms with Crippen LogP contribution in [-0.2, 0) is 13.0 Å². The molecule has 0 aliphatic heterocycles. The Kier molecular flexibility index (Phi) is 4.25. The Morgan fingerprint density at radius 2 is 1.89 bits per heavy atom. The van der Waals surface area contributed by atoms with Gasteiger partial charge in [-0.05, 0) is 42.3 Å². The number of hydrogen-bond acceptors (Lipinski definition) is 4. The lowest BCUT2D eigenvalue weighted by Gasteiger charge is -2.18. The van der Waals surface area contributed by atoms with Crippen molar-refractivity contribution in [2.45, 2.75) is 13.0 Å². The summed E-state index contributed by atoms with van der Waals surface area (Å²) in [5.74, 6) is 0.965. The minimum absolute atomic E-state index is 0.661. The zero-order valence-corrected chi connectivity index (χ0v) is 10.6. The van der Waals surface area contributed by atoms with E-state index in [9.17, 15) is 0 Å². The van der Waals surface area contributed by atoms with Crippen LogP contribution in [0.3, 0.4) is 0 Å². The third-order valence-electron chi connectivity index (χ3n) is 2.80. The van der Waals surface area contributed by atoms with E-state index in [2.05, 4.69) is 20.9 Å². The van der Waals surface area contributed by atoms with Crippen molar-refractivity contribution in [3.63, 3.8) is 0 Å². The van der Waals surface area contributed by atoms with Crippen LogP contribution >= 0.6 is 0 Å². The van der Waals surface area contributed by atoms with Gasteiger partial charge >= 0.3 is 0 Å². The molecular formula is C14H18N4. The van der Waals surface area contributed by atoms with Crippen molar-refractivity contribution in [1.82, 2.24) is 9.97 Å². The van der Waals surface area contributed by atoms with Crippen LogP contribution in [0.5, 0.6) is 0 Å². The van der Waals surface area contributed by atoms with Crippen LogP contribution in [0.4, 0.5) is 5.82 Å². The van der Waals surface area contributed by atoms with Crippen molar-refractivity contribution in [2.75, 3.05) is 18.5 Å². The van der Waals surface area contributed by atoms with Crippen LogP contribution in [0.25, 0.3) is 0 Å². The van der Waals surface area contributed by atoms with E-state index >= 15 is 0 Å². The minimum Gasteiger partial charge on any atom is -0.355 e. The van der Waals surface area contributed by atoms with E-state index in [1.807, 2.05) is 31.4 Å². The molecule has 0 saturated heterocycles. The third-order valence-corrected chi connectivity index (χ3v) is 2.80. The predicted molar refractivity (Wildman–Crippen MR) is 73.3 cm³/mol. The molecule has 0 aromatic carbocycles. The molecule has 94 valence electrons. The van der Waals surface area contributed by atoms with Gasteiger partial charge in [-0.2, -0.15) is 0 Å². The first-order chi connectivity index (χ1) is 8.79. The highest BCUT2D eigenvalue weighted by atomic mass is 15.2. The van der Waals surface area contributed by atoms with Gasteiger partial charge in [-0.3, -0.25) is 4.98 Å². The van der Waals surface area contributed by atoms with Gasteiger partial charge in [0.15, 0.2) is 0 Å². The lowest BCUT2D eigenvalue weighted by Crippen LogP contribution is -2.17. The number of anilines is 1. The Morgan fingerprint density at radius 1 is 1.11 bits per heavy atom. The van der Waals surface area contributed by atoms with Crippen molar-refractivity contribution in [2.24, 2.45) is 5.73 Å². The van der Waals surface area contributed by atoms with Crippen molar-refractivity contribution in [3.05, 3.63) is 54.0 Å². The van der Waals surface area contributed by atoms with E-state index in [4.69, 9.17) is 5.73 Å². The fourth-order valence-electron chi connectivity index (χ4n) is 1.80. The van der Waals surface area contributed by atoms with Gasteiger partial charge in [0.05, 0.1) is 0 Å². The zero-order valence-electron chi connectivity index (χ0n) is 10.6. The molecule has 0 unspecified atom stereocenters. The molecule has 2 aromatic rings. The van der Waals surface area contributed by atoms with Gasteiger partial charge in [0.2, 0.25) is 0 Å². The second-order valence-corrected chi connectivity index (χ2v) is 4.27. The van der Waals surface area contributed by atoms with E-state index in [0.717, 1.165) is 18.8 Å². The summed E-state index contributed by atoms with van der Waals surface area (Å²) in [6, 6.07) is 8.14. The van der Waals surface area contributed by atoms with Gasteiger partial charge in [-0.1, -0.05) is 6.07 Å². The van der Waals surface area contributed by atoms with Gasteiger partial charge in [0, 0.05) is 32.2 Å². The highest BCUT2D eigenvalue weighted by Crippen LogP contribution is 2.12. The van der Waals surface area contributed by atoms with Gasteiger partial charge in [0.1, 0.15) is 5.82 Å². The number of aromatic nitrogens is 2. The summed E-state index contributed by atoms with van der Waals surface area (Å²) in [7, 11) is 2.03. The molecular weight excluding hydrogens is 224 g/mol. The molecule has 2 heterocycles. The van der Waals surface area contributed by atoms with Crippen LogP contribution in [-0.4, -0.2) is 23.6 Å². The second-order valence-electron chi connectivity index (χ2n) is 4.27. The Labute approximate surface area is 107 Å². The van der Waals surface area contributed by atoms with Crippen molar-refractivity contribution >= 4 is 5.82 Å². The van der Waals surface area contributed by atoms with Gasteiger partial charge in [0.25, 0.3) is 0 Å². The highest BCUT2D eigenvalue weighted by Gasteiger charge is 2.03. The summed E-state index contributed by atoms with van der Waals surface area (Å²) in [5.41, 5.74) is 7.92. The van der Waals surface area contributed by atoms with Crippen molar-refractivity contribution < 1.29 is 0 Å². The van der Waals surface area contributed by atoms with Crippen LogP contribution in [0.15, 0.2) is 42.9 Å². The van der Waals surface area contributed by atoms with E-state index in [0.29, 0.717) is 6.54 Å². The van der Waals surface area contributed by atoms with E-state index < -0.39 is 0 Å². The Balaban J connectivity index is 2.02. The standard InChI is InChI=1S/C14H18N4/c1-18(11-13-5-8-16-9-6-13)14-3-2-12(4-7-15)10-17-14/h2-3,5-6,8-10H,4,7,11,15H2,1H3. The predicted octanol–water partition coefficient (Wildman–Crippen LogP) is 1.61. The molecule has 0 amide bonds. The molecule has 2 rings (SSSR count). The molecule has 2 aromatic heterocycles. The first-order valence-corrected chi connectivity index (χ1v) is 6.04. The molecule has 2 N–H and O–H groups in total. The van der Waals surface area contributed by atoms with E-state index in [1.165, 1.54) is 11.1 Å². The SMILES string of the molecule is CN(Cc1ccncc1)c1ccc(CCN)cn1. The van der Waals surface area contributed by atoms with Crippen LogP contribution in [0.2, 0.25) is 0 Å². The number of nitrogens with zero attached hydrogens (tertiary/aromatic N) is 3. The summed E-state index contributed by atoms with van der Waals surface area (Å²) >= 11 is 0. The monoisotopic (exact) mass is 242 g/mol. The Morgan fingerprint density at radius 3 is 2.50 bits per heavy atom. The topological polar surface area (TPSA) is 55.0 Å². The zero-order chi connectivity index (χ0) is 12.8. The third kappa shape index (κ3) is 3.28. The quantitative estimate of drug-likeness (QED) is 0.865. The number of hydrogen-bond donors (Lipinski definition) is 1. The van der Waals surface area contributed by atoms with Gasteiger partial charge < -0.3 is 10.6 Å². The maximum absolute atomic E-state index is 5.52. The average molecular weight is 242 g/mol. The maximum Gasteiger partial charge on any atom is 0.128 e. The molecule has 0 atom stereocenters. The smallest absolute Gasteiger partial charge is 0.128 e. The fraction of sp³-hybridized carbons (Fsp3) is 0.286. The summed E-state index contributed by atoms with van der Waals surface area (Å²) in [6.07, 6.45) is 6.38. The molecule has 0 aliphatic carbocycles. The van der Waals surface area contributed by atoms with Gasteiger partial charge in [-0.25, -0.2) is 4.98 Å². The summed E-state index contributed by atoms with van der Waals surface area (Å²) in [6.45, 7) is 1.49. The summed E-state index contributed by atoms with van der Waals surface area (Å²) < 4.78 is 0. The molecule has 4 nitrogen and oxygen atoms in total. The fourth-order valence-corrected chi connectivity index (χ4v) is 1.80. The van der Waals surface area contributed by atoms with Crippen molar-refractivity contribution in [1.29, 1.82) is 0 Å². The molecule has 0 aliphatic rings. The average Bonchev–Trinajstić information content (AvgIpc) is 2.41. The van der Waals surface area contributed by atoms with Crippen LogP contribution in [0, 0.1) is 0 Å². The molecule has 4 heteroatoms. The van der Waals surface area contributed by atoms with E-state index in [-0.39, 0.29) is 0 Å². The molecule has 0 spiro atoms. The molecule has 18 heavy (non-hydrogen) atoms. The summed E-state index contributed by atoms with van der Waals surface area (Å²) in [5, 5.41) is 0. The molecule has 0 saturated carbocycles. The summed E-state index contributed by atoms with van der Waals surface area (Å²) in [4.78, 5) is 10.6. The number of pyridine rings is 2. The van der Waals surface area contributed by atoms with Crippen LogP contribution < -0.4 is 10.6 Å².